The summed E-state index contributed by atoms with van der Waals surface area (Å²) in [7, 11) is 1.49. The first kappa shape index (κ1) is 20.9. The van der Waals surface area contributed by atoms with Crippen molar-refractivity contribution in [3.63, 3.8) is 0 Å². The van der Waals surface area contributed by atoms with E-state index in [0.29, 0.717) is 25.5 Å². The van der Waals surface area contributed by atoms with Gasteiger partial charge in [0.15, 0.2) is 0 Å². The summed E-state index contributed by atoms with van der Waals surface area (Å²) in [5.74, 6) is 0.532. The van der Waals surface area contributed by atoms with E-state index in [1.54, 1.807) is 4.57 Å². The lowest BCUT2D eigenvalue weighted by molar-refractivity contribution is -0.125. The van der Waals surface area contributed by atoms with Crippen molar-refractivity contribution in [3.8, 4) is 0 Å². The number of anilines is 1. The molecule has 1 saturated heterocycles. The zero-order valence-electron chi connectivity index (χ0n) is 17.3. The molecule has 7 nitrogen and oxygen atoms in total. The smallest absolute Gasteiger partial charge is 0.332 e. The van der Waals surface area contributed by atoms with Crippen molar-refractivity contribution < 1.29 is 4.79 Å². The van der Waals surface area contributed by atoms with Gasteiger partial charge in [-0.05, 0) is 38.2 Å². The first-order chi connectivity index (χ1) is 14.0. The van der Waals surface area contributed by atoms with E-state index in [0.717, 1.165) is 36.8 Å². The molecule has 7 heteroatoms. The van der Waals surface area contributed by atoms with Crippen LogP contribution in [-0.4, -0.2) is 34.7 Å². The van der Waals surface area contributed by atoms with E-state index in [2.05, 4.69) is 17.4 Å². The number of nitrogens with one attached hydrogen (secondary N) is 1. The molecule has 0 bridgehead atoms. The predicted molar refractivity (Wildman–Crippen MR) is 114 cm³/mol. The maximum atomic E-state index is 12.7. The van der Waals surface area contributed by atoms with Crippen LogP contribution in [0.4, 0.5) is 5.82 Å². The number of amides is 1. The molecule has 1 fully saturated rings. The fraction of sp³-hybridized carbons (Fsp3) is 0.500. The molecule has 1 aliphatic rings. The Kier molecular flexibility index (Phi) is 6.90. The van der Waals surface area contributed by atoms with E-state index in [4.69, 9.17) is 0 Å². The van der Waals surface area contributed by atoms with Gasteiger partial charge in [-0.1, -0.05) is 30.3 Å². The minimum atomic E-state index is -0.317. The van der Waals surface area contributed by atoms with Crippen molar-refractivity contribution in [2.45, 2.75) is 39.2 Å². The number of aromatic nitrogens is 2. The summed E-state index contributed by atoms with van der Waals surface area (Å²) in [6.45, 7) is 4.28. The SMILES string of the molecule is CCn1c(N2CCCC(C(=O)NCCCc3ccccc3)C2)cc(=O)n(C)c1=O. The summed E-state index contributed by atoms with van der Waals surface area (Å²) in [5.41, 5.74) is 0.637. The zero-order chi connectivity index (χ0) is 20.8. The molecule has 156 valence electrons. The Hall–Kier alpha value is -2.83. The molecule has 1 atom stereocenters. The third-order valence-corrected chi connectivity index (χ3v) is 5.59. The van der Waals surface area contributed by atoms with Crippen molar-refractivity contribution in [1.82, 2.24) is 14.5 Å². The second kappa shape index (κ2) is 9.58. The maximum Gasteiger partial charge on any atom is 0.332 e. The Morgan fingerprint density at radius 3 is 2.69 bits per heavy atom. The second-order valence-corrected chi connectivity index (χ2v) is 7.59. The van der Waals surface area contributed by atoms with Crippen LogP contribution >= 0.6 is 0 Å². The number of carbonyl (C=O) groups excluding carboxylic acids is 1. The van der Waals surface area contributed by atoms with E-state index in [1.807, 2.05) is 30.0 Å². The first-order valence-corrected chi connectivity index (χ1v) is 10.4. The minimum Gasteiger partial charge on any atom is -0.357 e. The summed E-state index contributed by atoms with van der Waals surface area (Å²) in [6, 6.07) is 11.7. The molecule has 1 aliphatic heterocycles. The quantitative estimate of drug-likeness (QED) is 0.718. The number of nitrogens with zero attached hydrogens (tertiary/aromatic N) is 3. The molecule has 3 rings (SSSR count). The second-order valence-electron chi connectivity index (χ2n) is 7.59. The number of benzene rings is 1. The van der Waals surface area contributed by atoms with Crippen LogP contribution in [0.3, 0.4) is 0 Å². The Labute approximate surface area is 171 Å². The molecule has 2 aromatic rings. The molecule has 0 radical (unpaired) electrons. The number of aryl methyl sites for hydroxylation is 1. The molecule has 2 heterocycles. The van der Waals surface area contributed by atoms with Gasteiger partial charge < -0.3 is 10.2 Å². The molecule has 1 amide bonds. The van der Waals surface area contributed by atoms with Gasteiger partial charge in [-0.15, -0.1) is 0 Å². The van der Waals surface area contributed by atoms with Crippen LogP contribution in [0.5, 0.6) is 0 Å². The van der Waals surface area contributed by atoms with Crippen LogP contribution in [-0.2, 0) is 24.8 Å². The van der Waals surface area contributed by atoms with Gasteiger partial charge in [0.1, 0.15) is 5.82 Å². The highest BCUT2D eigenvalue weighted by Gasteiger charge is 2.27. The third kappa shape index (κ3) is 4.96. The lowest BCUT2D eigenvalue weighted by atomic mass is 9.97. The molecule has 1 aromatic heterocycles. The molecule has 29 heavy (non-hydrogen) atoms. The lowest BCUT2D eigenvalue weighted by Crippen LogP contribution is -2.47. The van der Waals surface area contributed by atoms with Crippen LogP contribution in [0.15, 0.2) is 46.0 Å². The van der Waals surface area contributed by atoms with Gasteiger partial charge in [-0.2, -0.15) is 0 Å². The number of carbonyl (C=O) groups is 1. The molecular formula is C22H30N4O3. The van der Waals surface area contributed by atoms with E-state index in [9.17, 15) is 14.4 Å². The van der Waals surface area contributed by atoms with Gasteiger partial charge in [0.25, 0.3) is 5.56 Å². The van der Waals surface area contributed by atoms with Crippen LogP contribution < -0.4 is 21.5 Å². The summed E-state index contributed by atoms with van der Waals surface area (Å²) in [4.78, 5) is 39.2. The largest absolute Gasteiger partial charge is 0.357 e. The maximum absolute atomic E-state index is 12.7. The zero-order valence-corrected chi connectivity index (χ0v) is 17.3. The summed E-state index contributed by atoms with van der Waals surface area (Å²) < 4.78 is 2.72. The van der Waals surface area contributed by atoms with Gasteiger partial charge in [0.05, 0.1) is 5.92 Å². The molecule has 1 aromatic carbocycles. The summed E-state index contributed by atoms with van der Waals surface area (Å²) in [6.07, 6.45) is 3.52. The highest BCUT2D eigenvalue weighted by Crippen LogP contribution is 2.22. The molecule has 0 saturated carbocycles. The van der Waals surface area contributed by atoms with Crippen molar-refractivity contribution in [1.29, 1.82) is 0 Å². The highest BCUT2D eigenvalue weighted by atomic mass is 16.2. The average molecular weight is 399 g/mol. The van der Waals surface area contributed by atoms with E-state index < -0.39 is 0 Å². The monoisotopic (exact) mass is 398 g/mol. The third-order valence-electron chi connectivity index (χ3n) is 5.59. The van der Waals surface area contributed by atoms with E-state index in [1.165, 1.54) is 18.7 Å². The fourth-order valence-corrected chi connectivity index (χ4v) is 3.91. The molecular weight excluding hydrogens is 368 g/mol. The Bertz CT molecular complexity index is 949. The van der Waals surface area contributed by atoms with Crippen molar-refractivity contribution in [3.05, 3.63) is 62.8 Å². The van der Waals surface area contributed by atoms with Gasteiger partial charge in [0.2, 0.25) is 5.91 Å². The van der Waals surface area contributed by atoms with E-state index in [-0.39, 0.29) is 23.1 Å². The standard InChI is InChI=1S/C22H30N4O3/c1-3-26-19(15-20(27)24(2)22(26)29)25-14-8-12-18(16-25)21(28)23-13-7-11-17-9-5-4-6-10-17/h4-6,9-10,15,18H,3,7-8,11-14,16H2,1-2H3,(H,23,28). The van der Waals surface area contributed by atoms with Crippen LogP contribution in [0, 0.1) is 5.92 Å². The predicted octanol–water partition coefficient (Wildman–Crippen LogP) is 1.53. The van der Waals surface area contributed by atoms with Crippen LogP contribution in [0.1, 0.15) is 31.7 Å². The van der Waals surface area contributed by atoms with Crippen LogP contribution in [0.2, 0.25) is 0 Å². The number of rotatable bonds is 7. The average Bonchev–Trinajstić information content (AvgIpc) is 2.75. The number of hydrogen-bond acceptors (Lipinski definition) is 4. The molecule has 1 N–H and O–H groups in total. The number of piperidine rings is 1. The minimum absolute atomic E-state index is 0.0528. The molecule has 1 unspecified atom stereocenters. The Balaban J connectivity index is 1.60. The van der Waals surface area contributed by atoms with Gasteiger partial charge in [-0.3, -0.25) is 18.7 Å². The van der Waals surface area contributed by atoms with Crippen molar-refractivity contribution >= 4 is 11.7 Å². The topological polar surface area (TPSA) is 76.3 Å². The lowest BCUT2D eigenvalue weighted by Gasteiger charge is -2.34. The van der Waals surface area contributed by atoms with Gasteiger partial charge >= 0.3 is 5.69 Å². The van der Waals surface area contributed by atoms with Crippen molar-refractivity contribution in [2.24, 2.45) is 13.0 Å². The first-order valence-electron chi connectivity index (χ1n) is 10.4. The normalized spacial score (nSPS) is 16.6. The van der Waals surface area contributed by atoms with Gasteiger partial charge in [-0.25, -0.2) is 4.79 Å². The molecule has 0 aliphatic carbocycles. The number of hydrogen-bond donors (Lipinski definition) is 1. The van der Waals surface area contributed by atoms with Crippen LogP contribution in [0.25, 0.3) is 0 Å². The highest BCUT2D eigenvalue weighted by molar-refractivity contribution is 5.79. The Morgan fingerprint density at radius 2 is 1.97 bits per heavy atom. The van der Waals surface area contributed by atoms with Gasteiger partial charge in [0, 0.05) is 39.3 Å². The van der Waals surface area contributed by atoms with E-state index >= 15 is 0 Å². The fourth-order valence-electron chi connectivity index (χ4n) is 3.91. The molecule has 0 spiro atoms. The summed E-state index contributed by atoms with van der Waals surface area (Å²) >= 11 is 0. The Morgan fingerprint density at radius 1 is 1.21 bits per heavy atom. The van der Waals surface area contributed by atoms with Crippen molar-refractivity contribution in [2.75, 3.05) is 24.5 Å². The summed E-state index contributed by atoms with van der Waals surface area (Å²) in [5, 5.41) is 3.06.